The lowest BCUT2D eigenvalue weighted by molar-refractivity contribution is -0.137. The van der Waals surface area contributed by atoms with Crippen LogP contribution < -0.4 is 4.90 Å². The zero-order chi connectivity index (χ0) is 11.7. The highest BCUT2D eigenvalue weighted by Crippen LogP contribution is 2.37. The number of benzene rings is 1. The Labute approximate surface area is 97.3 Å². The fourth-order valence-electron chi connectivity index (χ4n) is 1.79. The summed E-state index contributed by atoms with van der Waals surface area (Å²) in [6.07, 6.45) is 0.111. The van der Waals surface area contributed by atoms with Gasteiger partial charge in [0.05, 0.1) is 12.1 Å². The third-order valence-electron chi connectivity index (χ3n) is 2.69. The average molecular weight is 241 g/mol. The van der Waals surface area contributed by atoms with E-state index in [1.807, 2.05) is 11.9 Å². The van der Waals surface area contributed by atoms with E-state index in [9.17, 15) is 9.18 Å². The molecule has 2 rings (SSSR count). The Kier molecular flexibility index (Phi) is 3.05. The molecule has 1 atom stereocenters. The molecule has 1 unspecified atom stereocenters. The lowest BCUT2D eigenvalue weighted by atomic mass is 10.1. The molecule has 0 aliphatic carbocycles. The maximum Gasteiger partial charge on any atom is 0.305 e. The molecule has 5 heteroatoms. The largest absolute Gasteiger partial charge is 0.481 e. The molecule has 1 aromatic carbocycles. The van der Waals surface area contributed by atoms with Crippen molar-refractivity contribution in [3.8, 4) is 0 Å². The fraction of sp³-hybridized carbons (Fsp3) is 0.364. The summed E-state index contributed by atoms with van der Waals surface area (Å²) < 4.78 is 13.0. The number of rotatable bonds is 2. The second-order valence-electron chi connectivity index (χ2n) is 3.79. The molecular weight excluding hydrogens is 229 g/mol. The SMILES string of the molecule is CN1c2ccc(F)cc2SCC1CC(=O)O. The number of thioether (sulfide) groups is 1. The van der Waals surface area contributed by atoms with Gasteiger partial charge in [0.1, 0.15) is 5.82 Å². The van der Waals surface area contributed by atoms with Crippen molar-refractivity contribution < 1.29 is 14.3 Å². The molecule has 0 spiro atoms. The normalized spacial score (nSPS) is 19.4. The first-order chi connectivity index (χ1) is 7.58. The molecule has 0 aromatic heterocycles. The van der Waals surface area contributed by atoms with Gasteiger partial charge in [0.15, 0.2) is 0 Å². The fourth-order valence-corrected chi connectivity index (χ4v) is 3.06. The third kappa shape index (κ3) is 2.14. The number of carboxylic acid groups (broad SMARTS) is 1. The smallest absolute Gasteiger partial charge is 0.305 e. The summed E-state index contributed by atoms with van der Waals surface area (Å²) in [6, 6.07) is 4.57. The van der Waals surface area contributed by atoms with Crippen LogP contribution in [0.4, 0.5) is 10.1 Å². The summed E-state index contributed by atoms with van der Waals surface area (Å²) in [5.41, 5.74) is 0.906. The van der Waals surface area contributed by atoms with E-state index in [1.165, 1.54) is 23.9 Å². The predicted octanol–water partition coefficient (Wildman–Crippen LogP) is 2.21. The second-order valence-corrected chi connectivity index (χ2v) is 4.85. The van der Waals surface area contributed by atoms with Crippen molar-refractivity contribution in [1.29, 1.82) is 0 Å². The van der Waals surface area contributed by atoms with E-state index >= 15 is 0 Å². The number of anilines is 1. The molecule has 3 nitrogen and oxygen atoms in total. The van der Waals surface area contributed by atoms with Crippen molar-refractivity contribution in [2.24, 2.45) is 0 Å². The van der Waals surface area contributed by atoms with Gasteiger partial charge in [0.2, 0.25) is 0 Å². The first kappa shape index (κ1) is 11.3. The third-order valence-corrected chi connectivity index (χ3v) is 3.88. The molecule has 0 saturated carbocycles. The van der Waals surface area contributed by atoms with E-state index in [2.05, 4.69) is 0 Å². The van der Waals surface area contributed by atoms with Crippen LogP contribution in [-0.2, 0) is 4.79 Å². The van der Waals surface area contributed by atoms with E-state index in [0.29, 0.717) is 5.75 Å². The molecule has 0 radical (unpaired) electrons. The first-order valence-electron chi connectivity index (χ1n) is 4.95. The number of nitrogens with zero attached hydrogens (tertiary/aromatic N) is 1. The van der Waals surface area contributed by atoms with Gasteiger partial charge >= 0.3 is 5.97 Å². The Morgan fingerprint density at radius 3 is 3.12 bits per heavy atom. The number of carbonyl (C=O) groups is 1. The van der Waals surface area contributed by atoms with Gasteiger partial charge in [-0.1, -0.05) is 0 Å². The maximum absolute atomic E-state index is 13.0. The Hall–Kier alpha value is -1.23. The summed E-state index contributed by atoms with van der Waals surface area (Å²) in [7, 11) is 1.85. The van der Waals surface area contributed by atoms with Crippen molar-refractivity contribution in [2.45, 2.75) is 17.4 Å². The van der Waals surface area contributed by atoms with Crippen LogP contribution in [0.2, 0.25) is 0 Å². The molecular formula is C11H12FNO2S. The Balaban J connectivity index is 2.25. The van der Waals surface area contributed by atoms with Crippen molar-refractivity contribution >= 4 is 23.4 Å². The van der Waals surface area contributed by atoms with E-state index in [0.717, 1.165) is 10.6 Å². The number of fused-ring (bicyclic) bond motifs is 1. The monoisotopic (exact) mass is 241 g/mol. The molecule has 0 bridgehead atoms. The summed E-state index contributed by atoms with van der Waals surface area (Å²) in [5.74, 6) is -0.376. The molecule has 0 fully saturated rings. The molecule has 1 heterocycles. The van der Waals surface area contributed by atoms with Crippen LogP contribution in [0.5, 0.6) is 0 Å². The van der Waals surface area contributed by atoms with Crippen LogP contribution in [-0.4, -0.2) is 29.9 Å². The minimum absolute atomic E-state index is 0.0274. The minimum Gasteiger partial charge on any atom is -0.481 e. The van der Waals surface area contributed by atoms with Crippen molar-refractivity contribution in [3.05, 3.63) is 24.0 Å². The van der Waals surface area contributed by atoms with Gasteiger partial charge in [0, 0.05) is 23.7 Å². The van der Waals surface area contributed by atoms with Crippen molar-refractivity contribution in [1.82, 2.24) is 0 Å². The van der Waals surface area contributed by atoms with Crippen molar-refractivity contribution in [3.63, 3.8) is 0 Å². The molecule has 1 aromatic rings. The zero-order valence-corrected chi connectivity index (χ0v) is 9.63. The molecule has 0 amide bonds. The van der Waals surface area contributed by atoms with Gasteiger partial charge in [-0.05, 0) is 18.2 Å². The summed E-state index contributed by atoms with van der Waals surface area (Å²) >= 11 is 1.51. The number of halogens is 1. The Morgan fingerprint density at radius 2 is 2.44 bits per heavy atom. The van der Waals surface area contributed by atoms with Gasteiger partial charge in [-0.2, -0.15) is 0 Å². The lowest BCUT2D eigenvalue weighted by Crippen LogP contribution is -2.38. The van der Waals surface area contributed by atoms with E-state index in [1.54, 1.807) is 6.07 Å². The highest BCUT2D eigenvalue weighted by atomic mass is 32.2. The quantitative estimate of drug-likeness (QED) is 0.861. The molecule has 1 N–H and O–H groups in total. The molecule has 16 heavy (non-hydrogen) atoms. The topological polar surface area (TPSA) is 40.5 Å². The molecule has 1 aliphatic rings. The Morgan fingerprint density at radius 1 is 1.69 bits per heavy atom. The summed E-state index contributed by atoms with van der Waals surface area (Å²) in [5, 5.41) is 8.78. The van der Waals surface area contributed by atoms with Gasteiger partial charge in [-0.25, -0.2) is 4.39 Å². The van der Waals surface area contributed by atoms with Gasteiger partial charge in [0.25, 0.3) is 0 Å². The van der Waals surface area contributed by atoms with Crippen LogP contribution in [0.1, 0.15) is 6.42 Å². The van der Waals surface area contributed by atoms with Gasteiger partial charge < -0.3 is 10.0 Å². The van der Waals surface area contributed by atoms with Crippen molar-refractivity contribution in [2.75, 3.05) is 17.7 Å². The van der Waals surface area contributed by atoms with E-state index in [-0.39, 0.29) is 18.3 Å². The van der Waals surface area contributed by atoms with E-state index < -0.39 is 5.97 Å². The standard InChI is InChI=1S/C11H12FNO2S/c1-13-8(5-11(14)15)6-16-10-4-7(12)2-3-9(10)13/h2-4,8H,5-6H2,1H3,(H,14,15). The van der Waals surface area contributed by atoms with Crippen LogP contribution >= 0.6 is 11.8 Å². The summed E-state index contributed by atoms with van der Waals surface area (Å²) in [4.78, 5) is 13.5. The number of aliphatic carboxylic acids is 1. The lowest BCUT2D eigenvalue weighted by Gasteiger charge is -2.34. The highest BCUT2D eigenvalue weighted by molar-refractivity contribution is 7.99. The van der Waals surface area contributed by atoms with Crippen LogP contribution in [0.3, 0.4) is 0 Å². The second kappa shape index (κ2) is 4.33. The number of carboxylic acids is 1. The van der Waals surface area contributed by atoms with Crippen LogP contribution in [0.25, 0.3) is 0 Å². The molecule has 1 aliphatic heterocycles. The Bertz CT molecular complexity index is 424. The van der Waals surface area contributed by atoms with Crippen LogP contribution in [0.15, 0.2) is 23.1 Å². The highest BCUT2D eigenvalue weighted by Gasteiger charge is 2.25. The number of hydrogen-bond acceptors (Lipinski definition) is 3. The molecule has 0 saturated heterocycles. The molecule has 86 valence electrons. The van der Waals surface area contributed by atoms with Gasteiger partial charge in [-0.15, -0.1) is 11.8 Å². The average Bonchev–Trinajstić information content (AvgIpc) is 2.22. The van der Waals surface area contributed by atoms with Gasteiger partial charge in [-0.3, -0.25) is 4.79 Å². The zero-order valence-electron chi connectivity index (χ0n) is 8.81. The maximum atomic E-state index is 13.0. The van der Waals surface area contributed by atoms with E-state index in [4.69, 9.17) is 5.11 Å². The minimum atomic E-state index is -0.803. The number of hydrogen-bond donors (Lipinski definition) is 1. The predicted molar refractivity (Wildman–Crippen MR) is 61.6 cm³/mol. The first-order valence-corrected chi connectivity index (χ1v) is 5.93. The van der Waals surface area contributed by atoms with Crippen LogP contribution in [0, 0.1) is 5.82 Å². The summed E-state index contributed by atoms with van der Waals surface area (Å²) in [6.45, 7) is 0.